The SMILES string of the molecule is Cl.O=C(SCC([O-])=Nc1c[n+](N2CCNCC2)no1)c1ccccc1. The third kappa shape index (κ3) is 5.45. The van der Waals surface area contributed by atoms with E-state index >= 15 is 0 Å². The second-order valence-electron chi connectivity index (χ2n) is 5.11. The molecule has 8 nitrogen and oxygen atoms in total. The molecule has 2 aromatic rings. The molecule has 1 aliphatic heterocycles. The van der Waals surface area contributed by atoms with Gasteiger partial charge in [-0.1, -0.05) is 42.1 Å². The van der Waals surface area contributed by atoms with Crippen LogP contribution < -0.4 is 20.2 Å². The predicted molar refractivity (Wildman–Crippen MR) is 95.1 cm³/mol. The summed E-state index contributed by atoms with van der Waals surface area (Å²) in [5, 5.41) is 20.8. The summed E-state index contributed by atoms with van der Waals surface area (Å²) in [5.41, 5.74) is 0.562. The van der Waals surface area contributed by atoms with E-state index in [1.54, 1.807) is 35.3 Å². The topological polar surface area (TPSA) is 97.7 Å². The van der Waals surface area contributed by atoms with Crippen LogP contribution in [0.4, 0.5) is 5.88 Å². The Morgan fingerprint density at radius 3 is 2.80 bits per heavy atom. The Hall–Kier alpha value is -2.10. The van der Waals surface area contributed by atoms with Gasteiger partial charge in [-0.15, -0.1) is 12.4 Å². The van der Waals surface area contributed by atoms with Crippen molar-refractivity contribution in [3.05, 3.63) is 42.1 Å². The second-order valence-corrected chi connectivity index (χ2v) is 6.06. The number of aliphatic imine (C=N–C) groups is 1. The van der Waals surface area contributed by atoms with Crippen molar-refractivity contribution in [3.8, 4) is 0 Å². The van der Waals surface area contributed by atoms with E-state index in [0.717, 1.165) is 37.9 Å². The molecule has 0 amide bonds. The lowest BCUT2D eigenvalue weighted by molar-refractivity contribution is -0.758. The van der Waals surface area contributed by atoms with Crippen molar-refractivity contribution < 1.29 is 19.2 Å². The van der Waals surface area contributed by atoms with Gasteiger partial charge in [0.25, 0.3) is 6.20 Å². The number of rotatable bonds is 5. The van der Waals surface area contributed by atoms with Crippen molar-refractivity contribution in [2.24, 2.45) is 4.99 Å². The number of benzene rings is 1. The van der Waals surface area contributed by atoms with Gasteiger partial charge in [0.15, 0.2) is 0 Å². The van der Waals surface area contributed by atoms with Crippen LogP contribution in [-0.4, -0.2) is 48.2 Å². The van der Waals surface area contributed by atoms with Crippen LogP contribution in [0.1, 0.15) is 10.4 Å². The zero-order valence-corrected chi connectivity index (χ0v) is 15.0. The van der Waals surface area contributed by atoms with E-state index < -0.39 is 5.90 Å². The summed E-state index contributed by atoms with van der Waals surface area (Å²) >= 11 is 0.922. The summed E-state index contributed by atoms with van der Waals surface area (Å²) in [6.07, 6.45) is 1.56. The fraction of sp³-hybridized carbons (Fsp3) is 0.333. The lowest BCUT2D eigenvalue weighted by Gasteiger charge is -2.19. The molecule has 0 aliphatic carbocycles. The maximum atomic E-state index is 11.9. The first kappa shape index (κ1) is 19.2. The summed E-state index contributed by atoms with van der Waals surface area (Å²) in [6.45, 7) is 3.32. The van der Waals surface area contributed by atoms with Gasteiger partial charge in [0, 0.05) is 24.4 Å². The maximum Gasteiger partial charge on any atom is 0.324 e. The molecule has 0 saturated carbocycles. The van der Waals surface area contributed by atoms with Crippen LogP contribution >= 0.6 is 24.2 Å². The van der Waals surface area contributed by atoms with E-state index in [0.29, 0.717) is 5.56 Å². The zero-order valence-electron chi connectivity index (χ0n) is 13.3. The van der Waals surface area contributed by atoms with Gasteiger partial charge in [-0.2, -0.15) is 5.01 Å². The van der Waals surface area contributed by atoms with E-state index in [-0.39, 0.29) is 29.2 Å². The normalized spacial score (nSPS) is 14.9. The largest absolute Gasteiger partial charge is 0.861 e. The molecule has 25 heavy (non-hydrogen) atoms. The van der Waals surface area contributed by atoms with Crippen LogP contribution in [-0.2, 0) is 0 Å². The fourth-order valence-corrected chi connectivity index (χ4v) is 2.83. The molecule has 10 heteroatoms. The van der Waals surface area contributed by atoms with Gasteiger partial charge in [-0.3, -0.25) is 9.32 Å². The molecule has 1 aromatic carbocycles. The number of hydrogen-bond donors (Lipinski definition) is 1. The Bertz CT molecular complexity index is 719. The standard InChI is InChI=1S/C15H17N5O3S.ClH/c21-13(11-24-15(22)12-4-2-1-3-5-12)17-14-10-20(18-23-14)19-8-6-16-7-9-19;/h1-5,10,16H,6-9,11H2;1H. The average molecular weight is 384 g/mol. The quantitative estimate of drug-likeness (QED) is 0.437. The molecule has 0 unspecified atom stereocenters. The average Bonchev–Trinajstić information content (AvgIpc) is 3.09. The monoisotopic (exact) mass is 383 g/mol. The highest BCUT2D eigenvalue weighted by atomic mass is 35.5. The number of hydrogen-bond acceptors (Lipinski definition) is 8. The molecule has 134 valence electrons. The molecule has 1 N–H and O–H groups in total. The van der Waals surface area contributed by atoms with Gasteiger partial charge in [-0.25, -0.2) is 4.99 Å². The minimum absolute atomic E-state index is 0. The maximum absolute atomic E-state index is 11.9. The Morgan fingerprint density at radius 2 is 2.08 bits per heavy atom. The van der Waals surface area contributed by atoms with Crippen LogP contribution in [0.25, 0.3) is 0 Å². The van der Waals surface area contributed by atoms with Crippen LogP contribution in [0.15, 0.2) is 46.0 Å². The van der Waals surface area contributed by atoms with Crippen molar-refractivity contribution in [1.29, 1.82) is 0 Å². The van der Waals surface area contributed by atoms with E-state index in [9.17, 15) is 9.90 Å². The van der Waals surface area contributed by atoms with Crippen molar-refractivity contribution in [1.82, 2.24) is 10.6 Å². The highest BCUT2D eigenvalue weighted by Gasteiger charge is 2.22. The minimum Gasteiger partial charge on any atom is -0.861 e. The van der Waals surface area contributed by atoms with Crippen molar-refractivity contribution >= 4 is 41.1 Å². The fourth-order valence-electron chi connectivity index (χ4n) is 2.21. The zero-order chi connectivity index (χ0) is 16.8. The molecular weight excluding hydrogens is 366 g/mol. The third-order valence-electron chi connectivity index (χ3n) is 3.40. The van der Waals surface area contributed by atoms with Gasteiger partial charge in [0.2, 0.25) is 10.4 Å². The summed E-state index contributed by atoms with van der Waals surface area (Å²) in [6, 6.07) is 8.82. The van der Waals surface area contributed by atoms with E-state index in [1.165, 1.54) is 0 Å². The Labute approximate surface area is 155 Å². The molecule has 1 aliphatic rings. The lowest BCUT2D eigenvalue weighted by Crippen LogP contribution is -2.64. The number of halogens is 1. The summed E-state index contributed by atoms with van der Waals surface area (Å²) in [5.74, 6) is -0.346. The van der Waals surface area contributed by atoms with Crippen LogP contribution in [0.2, 0.25) is 0 Å². The number of nitrogens with zero attached hydrogens (tertiary/aromatic N) is 4. The number of aromatic nitrogens is 2. The van der Waals surface area contributed by atoms with Crippen molar-refractivity contribution in [2.45, 2.75) is 0 Å². The molecule has 1 aromatic heterocycles. The first-order valence-electron chi connectivity index (χ1n) is 7.54. The Morgan fingerprint density at radius 1 is 1.36 bits per heavy atom. The van der Waals surface area contributed by atoms with Gasteiger partial charge >= 0.3 is 5.88 Å². The Kier molecular flexibility index (Phi) is 7.23. The second kappa shape index (κ2) is 9.40. The number of piperazine rings is 1. The molecular formula is C15H18ClN5O3S. The minimum atomic E-state index is -0.437. The third-order valence-corrected chi connectivity index (χ3v) is 4.29. The van der Waals surface area contributed by atoms with E-state index in [1.807, 2.05) is 11.1 Å². The molecule has 0 spiro atoms. The van der Waals surface area contributed by atoms with Gasteiger partial charge in [0.1, 0.15) is 0 Å². The predicted octanol–water partition coefficient (Wildman–Crippen LogP) is -0.111. The van der Waals surface area contributed by atoms with Crippen molar-refractivity contribution in [3.63, 3.8) is 0 Å². The molecule has 0 bridgehead atoms. The van der Waals surface area contributed by atoms with Gasteiger partial charge < -0.3 is 10.4 Å². The number of thioether (sulfide) groups is 1. The van der Waals surface area contributed by atoms with Crippen LogP contribution in [0, 0.1) is 0 Å². The molecule has 0 atom stereocenters. The number of carbonyl (C=O) groups excluding carboxylic acids is 1. The molecule has 0 radical (unpaired) electrons. The van der Waals surface area contributed by atoms with E-state index in [4.69, 9.17) is 4.52 Å². The number of nitrogens with one attached hydrogen (secondary N) is 1. The first-order valence-corrected chi connectivity index (χ1v) is 8.52. The smallest absolute Gasteiger partial charge is 0.324 e. The van der Waals surface area contributed by atoms with Crippen molar-refractivity contribution in [2.75, 3.05) is 36.9 Å². The highest BCUT2D eigenvalue weighted by molar-refractivity contribution is 8.14. The molecule has 1 saturated heterocycles. The summed E-state index contributed by atoms with van der Waals surface area (Å²) in [7, 11) is 0. The number of carbonyl (C=O) groups is 1. The molecule has 1 fully saturated rings. The van der Waals surface area contributed by atoms with Crippen LogP contribution in [0.5, 0.6) is 0 Å². The molecule has 2 heterocycles. The summed E-state index contributed by atoms with van der Waals surface area (Å²) in [4.78, 5) is 17.3. The molecule has 3 rings (SSSR count). The Balaban J connectivity index is 0.00000225. The van der Waals surface area contributed by atoms with Crippen LogP contribution in [0.3, 0.4) is 0 Å². The van der Waals surface area contributed by atoms with Gasteiger partial charge in [-0.05, 0) is 5.90 Å². The van der Waals surface area contributed by atoms with Gasteiger partial charge in [0.05, 0.1) is 17.9 Å². The summed E-state index contributed by atoms with van der Waals surface area (Å²) < 4.78 is 5.05. The first-order chi connectivity index (χ1) is 11.7. The lowest BCUT2D eigenvalue weighted by atomic mass is 10.2. The highest BCUT2D eigenvalue weighted by Crippen LogP contribution is 2.13. The van der Waals surface area contributed by atoms with E-state index in [2.05, 4.69) is 15.6 Å².